The number of benzene rings is 1. The molecule has 9 heteroatoms. The number of hydrogen-bond donors (Lipinski definition) is 2. The molecule has 3 aromatic rings. The Kier molecular flexibility index (Phi) is 7.45. The zero-order valence-electron chi connectivity index (χ0n) is 17.5. The van der Waals surface area contributed by atoms with Crippen molar-refractivity contribution < 1.29 is 19.0 Å². The SMILES string of the molecule is COCCNc1cc(NC(=O)c2cccc3ccc(C(OC)OC)nc23)ncc1C#N. The Morgan fingerprint density at radius 3 is 2.71 bits per heavy atom. The van der Waals surface area contributed by atoms with E-state index in [0.717, 1.165) is 5.39 Å². The number of pyridine rings is 2. The minimum atomic E-state index is -0.638. The lowest BCUT2D eigenvalue weighted by atomic mass is 10.1. The Hall–Kier alpha value is -3.58. The van der Waals surface area contributed by atoms with Crippen LogP contribution in [0.3, 0.4) is 0 Å². The van der Waals surface area contributed by atoms with Crippen molar-refractivity contribution in [2.75, 3.05) is 45.1 Å². The van der Waals surface area contributed by atoms with Crippen LogP contribution < -0.4 is 10.6 Å². The fraction of sp³-hybridized carbons (Fsp3) is 0.273. The maximum Gasteiger partial charge on any atom is 0.259 e. The number of para-hydroxylation sites is 1. The van der Waals surface area contributed by atoms with Gasteiger partial charge in [0.2, 0.25) is 6.29 Å². The standard InChI is InChI=1S/C22H23N5O4/c1-29-10-9-24-18-11-19(25-13-15(18)12-23)27-21(28)16-6-4-5-14-7-8-17(26-20(14)16)22(30-2)31-3/h4-8,11,13,22H,9-10H2,1-3H3,(H2,24,25,27,28). The van der Waals surface area contributed by atoms with Crippen molar-refractivity contribution in [1.82, 2.24) is 9.97 Å². The molecule has 0 fully saturated rings. The number of methoxy groups -OCH3 is 3. The topological polar surface area (TPSA) is 118 Å². The third-order valence-electron chi connectivity index (χ3n) is 4.54. The van der Waals surface area contributed by atoms with E-state index < -0.39 is 6.29 Å². The van der Waals surface area contributed by atoms with Crippen LogP contribution in [0.2, 0.25) is 0 Å². The number of carbonyl (C=O) groups excluding carboxylic acids is 1. The predicted molar refractivity (Wildman–Crippen MR) is 116 cm³/mol. The Morgan fingerprint density at radius 1 is 1.19 bits per heavy atom. The van der Waals surface area contributed by atoms with Gasteiger partial charge >= 0.3 is 0 Å². The van der Waals surface area contributed by atoms with Crippen molar-refractivity contribution >= 4 is 28.3 Å². The van der Waals surface area contributed by atoms with Gasteiger partial charge in [0.1, 0.15) is 11.9 Å². The molecule has 0 aliphatic carbocycles. The lowest BCUT2D eigenvalue weighted by Gasteiger charge is -2.14. The summed E-state index contributed by atoms with van der Waals surface area (Å²) in [4.78, 5) is 21.8. The smallest absolute Gasteiger partial charge is 0.259 e. The maximum absolute atomic E-state index is 13.0. The molecule has 3 rings (SSSR count). The van der Waals surface area contributed by atoms with Crippen LogP contribution in [-0.2, 0) is 14.2 Å². The summed E-state index contributed by atoms with van der Waals surface area (Å²) in [5.74, 6) is -0.0644. The highest BCUT2D eigenvalue weighted by Crippen LogP contribution is 2.23. The van der Waals surface area contributed by atoms with Crippen molar-refractivity contribution in [3.8, 4) is 6.07 Å². The summed E-state index contributed by atoms with van der Waals surface area (Å²) < 4.78 is 15.6. The summed E-state index contributed by atoms with van der Waals surface area (Å²) in [7, 11) is 4.64. The van der Waals surface area contributed by atoms with Crippen LogP contribution in [0.25, 0.3) is 10.9 Å². The third kappa shape index (κ3) is 5.13. The van der Waals surface area contributed by atoms with E-state index in [-0.39, 0.29) is 5.91 Å². The minimum absolute atomic E-state index is 0.309. The van der Waals surface area contributed by atoms with Gasteiger partial charge < -0.3 is 24.8 Å². The number of ether oxygens (including phenoxy) is 3. The van der Waals surface area contributed by atoms with Gasteiger partial charge in [-0.15, -0.1) is 0 Å². The molecule has 2 N–H and O–H groups in total. The first-order valence-electron chi connectivity index (χ1n) is 9.50. The molecule has 1 amide bonds. The summed E-state index contributed by atoms with van der Waals surface area (Å²) >= 11 is 0. The second-order valence-electron chi connectivity index (χ2n) is 6.52. The first-order valence-corrected chi connectivity index (χ1v) is 9.50. The number of rotatable bonds is 9. The zero-order valence-corrected chi connectivity index (χ0v) is 17.5. The van der Waals surface area contributed by atoms with E-state index in [1.165, 1.54) is 20.4 Å². The van der Waals surface area contributed by atoms with Crippen molar-refractivity contribution in [3.05, 3.63) is 59.4 Å². The van der Waals surface area contributed by atoms with Gasteiger partial charge in [0.15, 0.2) is 0 Å². The Balaban J connectivity index is 1.90. The van der Waals surface area contributed by atoms with Gasteiger partial charge in [-0.1, -0.05) is 18.2 Å². The van der Waals surface area contributed by atoms with Crippen LogP contribution >= 0.6 is 0 Å². The van der Waals surface area contributed by atoms with Crippen LogP contribution in [0.5, 0.6) is 0 Å². The van der Waals surface area contributed by atoms with Crippen molar-refractivity contribution in [2.24, 2.45) is 0 Å². The second kappa shape index (κ2) is 10.4. The Morgan fingerprint density at radius 2 is 2.00 bits per heavy atom. The summed E-state index contributed by atoms with van der Waals surface area (Å²) in [6, 6.07) is 12.7. The lowest BCUT2D eigenvalue weighted by molar-refractivity contribution is -0.108. The van der Waals surface area contributed by atoms with Crippen molar-refractivity contribution in [2.45, 2.75) is 6.29 Å². The van der Waals surface area contributed by atoms with Gasteiger partial charge in [-0.3, -0.25) is 4.79 Å². The van der Waals surface area contributed by atoms with Crippen LogP contribution in [0.15, 0.2) is 42.6 Å². The number of carbonyl (C=O) groups is 1. The molecule has 31 heavy (non-hydrogen) atoms. The maximum atomic E-state index is 13.0. The molecular formula is C22H23N5O4. The van der Waals surface area contributed by atoms with E-state index in [1.54, 1.807) is 31.4 Å². The zero-order chi connectivity index (χ0) is 22.2. The van der Waals surface area contributed by atoms with Gasteiger partial charge in [0.25, 0.3) is 5.91 Å². The van der Waals surface area contributed by atoms with E-state index >= 15 is 0 Å². The lowest BCUT2D eigenvalue weighted by Crippen LogP contribution is -2.15. The minimum Gasteiger partial charge on any atom is -0.383 e. The molecule has 0 saturated heterocycles. The highest BCUT2D eigenvalue weighted by molar-refractivity contribution is 6.11. The largest absolute Gasteiger partial charge is 0.383 e. The highest BCUT2D eigenvalue weighted by atomic mass is 16.7. The number of nitrogens with zero attached hydrogens (tertiary/aromatic N) is 3. The normalized spacial score (nSPS) is 10.8. The Bertz CT molecular complexity index is 1110. The number of nitriles is 1. The van der Waals surface area contributed by atoms with E-state index in [0.29, 0.717) is 47.0 Å². The van der Waals surface area contributed by atoms with Gasteiger partial charge in [-0.05, 0) is 12.1 Å². The molecule has 0 aliphatic heterocycles. The number of aromatic nitrogens is 2. The summed E-state index contributed by atoms with van der Waals surface area (Å²) in [6.07, 6.45) is 0.771. The Labute approximate surface area is 180 Å². The second-order valence-corrected chi connectivity index (χ2v) is 6.52. The molecule has 0 atom stereocenters. The first-order chi connectivity index (χ1) is 15.1. The van der Waals surface area contributed by atoms with Crippen LogP contribution in [0.4, 0.5) is 11.5 Å². The quantitative estimate of drug-likeness (QED) is 0.400. The molecule has 0 spiro atoms. The first kappa shape index (κ1) is 22.1. The summed E-state index contributed by atoms with van der Waals surface area (Å²) in [5, 5.41) is 16.0. The van der Waals surface area contributed by atoms with Gasteiger partial charge in [0, 0.05) is 45.5 Å². The molecule has 0 saturated carbocycles. The molecule has 0 radical (unpaired) electrons. The number of amides is 1. The highest BCUT2D eigenvalue weighted by Gasteiger charge is 2.16. The third-order valence-corrected chi connectivity index (χ3v) is 4.54. The molecule has 2 heterocycles. The van der Waals surface area contributed by atoms with Gasteiger partial charge in [0.05, 0.1) is 34.6 Å². The predicted octanol–water partition coefficient (Wildman–Crippen LogP) is 3.10. The summed E-state index contributed by atoms with van der Waals surface area (Å²) in [6.45, 7) is 0.988. The number of anilines is 2. The van der Waals surface area contributed by atoms with E-state index in [9.17, 15) is 10.1 Å². The number of fused-ring (bicyclic) bond motifs is 1. The molecule has 0 unspecified atom stereocenters. The van der Waals surface area contributed by atoms with E-state index in [2.05, 4.69) is 26.7 Å². The van der Waals surface area contributed by atoms with Crippen LogP contribution in [0.1, 0.15) is 27.9 Å². The fourth-order valence-corrected chi connectivity index (χ4v) is 3.04. The molecule has 2 aromatic heterocycles. The van der Waals surface area contributed by atoms with Gasteiger partial charge in [-0.25, -0.2) is 9.97 Å². The molecule has 160 valence electrons. The van der Waals surface area contributed by atoms with Crippen molar-refractivity contribution in [3.63, 3.8) is 0 Å². The fourth-order valence-electron chi connectivity index (χ4n) is 3.04. The molecular weight excluding hydrogens is 398 g/mol. The van der Waals surface area contributed by atoms with Crippen molar-refractivity contribution in [1.29, 1.82) is 5.26 Å². The van der Waals surface area contributed by atoms with Crippen LogP contribution in [0, 0.1) is 11.3 Å². The number of nitrogens with one attached hydrogen (secondary N) is 2. The molecule has 0 bridgehead atoms. The van der Waals surface area contributed by atoms with E-state index in [1.807, 2.05) is 12.1 Å². The molecule has 9 nitrogen and oxygen atoms in total. The molecule has 1 aromatic carbocycles. The average molecular weight is 421 g/mol. The summed E-state index contributed by atoms with van der Waals surface area (Å²) in [5.41, 5.74) is 2.38. The molecule has 0 aliphatic rings. The number of hydrogen-bond acceptors (Lipinski definition) is 8. The van der Waals surface area contributed by atoms with Gasteiger partial charge in [-0.2, -0.15) is 5.26 Å². The average Bonchev–Trinajstić information content (AvgIpc) is 2.79. The van der Waals surface area contributed by atoms with E-state index in [4.69, 9.17) is 14.2 Å². The monoisotopic (exact) mass is 421 g/mol. The van der Waals surface area contributed by atoms with Crippen LogP contribution in [-0.4, -0.2) is 50.4 Å².